The van der Waals surface area contributed by atoms with E-state index in [0.29, 0.717) is 42.9 Å². The molecule has 4 rings (SSSR count). The molecule has 3 aliphatic heterocycles. The van der Waals surface area contributed by atoms with Crippen LogP contribution in [-0.2, 0) is 19.1 Å². The largest absolute Gasteiger partial charge is 0.465 e. The Morgan fingerprint density at radius 2 is 1.95 bits per heavy atom. The van der Waals surface area contributed by atoms with Crippen LogP contribution >= 0.6 is 23.4 Å². The number of carbonyl (C=O) groups is 3. The van der Waals surface area contributed by atoms with Gasteiger partial charge in [-0.15, -0.1) is 24.9 Å². The van der Waals surface area contributed by atoms with Crippen LogP contribution in [0.15, 0.2) is 49.6 Å². The van der Waals surface area contributed by atoms with E-state index in [1.165, 1.54) is 0 Å². The van der Waals surface area contributed by atoms with Crippen LogP contribution in [0, 0.1) is 11.8 Å². The Balaban J connectivity index is 1.72. The van der Waals surface area contributed by atoms with Crippen molar-refractivity contribution in [2.45, 2.75) is 61.0 Å². The Kier molecular flexibility index (Phi) is 8.95. The van der Waals surface area contributed by atoms with Crippen LogP contribution in [-0.4, -0.2) is 69.6 Å². The Labute approximate surface area is 234 Å². The van der Waals surface area contributed by atoms with Crippen LogP contribution in [0.25, 0.3) is 0 Å². The lowest BCUT2D eigenvalue weighted by molar-refractivity contribution is -0.155. The third-order valence-corrected chi connectivity index (χ3v) is 10.3. The second-order valence-corrected chi connectivity index (χ2v) is 12.8. The standard InChI is InChI=1S/C29H37ClN2O5S/c1-4-6-19-37-27(36)23-22-25(34)32(17-8-7-9-18-33)24(29(22)15-14-28(23,3)38-29)26(35)31(16-5-2)21-12-10-20(30)11-13-21/h4-5,10-13,22-24,33H,1-2,6-9,14-19H2,3H3/t22-,23-,24?,28+,29?/m0/s1. The van der Waals surface area contributed by atoms with Crippen molar-refractivity contribution in [2.75, 3.05) is 31.2 Å². The average molecular weight is 561 g/mol. The van der Waals surface area contributed by atoms with Gasteiger partial charge in [0.1, 0.15) is 6.04 Å². The zero-order valence-electron chi connectivity index (χ0n) is 21.9. The molecular formula is C29H37ClN2O5S. The van der Waals surface area contributed by atoms with Gasteiger partial charge in [0.05, 0.1) is 23.2 Å². The van der Waals surface area contributed by atoms with E-state index >= 15 is 0 Å². The number of hydrogen-bond acceptors (Lipinski definition) is 6. The van der Waals surface area contributed by atoms with Crippen LogP contribution in [0.5, 0.6) is 0 Å². The van der Waals surface area contributed by atoms with E-state index in [4.69, 9.17) is 16.3 Å². The van der Waals surface area contributed by atoms with Crippen molar-refractivity contribution < 1.29 is 24.2 Å². The van der Waals surface area contributed by atoms with Gasteiger partial charge in [-0.3, -0.25) is 14.4 Å². The van der Waals surface area contributed by atoms with E-state index in [9.17, 15) is 19.5 Å². The number of ether oxygens (including phenoxy) is 1. The number of aliphatic hydroxyl groups excluding tert-OH is 1. The monoisotopic (exact) mass is 560 g/mol. The first kappa shape index (κ1) is 28.7. The normalized spacial score (nSPS) is 29.3. The predicted molar refractivity (Wildman–Crippen MR) is 151 cm³/mol. The lowest BCUT2D eigenvalue weighted by Crippen LogP contribution is -2.55. The molecule has 206 valence electrons. The molecule has 3 fully saturated rings. The highest BCUT2D eigenvalue weighted by Crippen LogP contribution is 2.71. The Bertz CT molecular complexity index is 1080. The molecule has 1 N–H and O–H groups in total. The maximum Gasteiger partial charge on any atom is 0.311 e. The summed E-state index contributed by atoms with van der Waals surface area (Å²) in [4.78, 5) is 45.3. The van der Waals surface area contributed by atoms with Gasteiger partial charge in [-0.25, -0.2) is 0 Å². The second kappa shape index (κ2) is 11.8. The van der Waals surface area contributed by atoms with Crippen LogP contribution in [0.4, 0.5) is 5.69 Å². The van der Waals surface area contributed by atoms with E-state index in [2.05, 4.69) is 13.2 Å². The Morgan fingerprint density at radius 3 is 2.61 bits per heavy atom. The number of thioether (sulfide) groups is 1. The molecule has 9 heteroatoms. The average Bonchev–Trinajstić information content (AvgIpc) is 3.46. The molecule has 3 aliphatic rings. The highest BCUT2D eigenvalue weighted by Gasteiger charge is 2.77. The number of nitrogens with zero attached hydrogens (tertiary/aromatic N) is 2. The number of halogens is 1. The fourth-order valence-electron chi connectivity index (χ4n) is 6.43. The molecule has 1 aromatic rings. The van der Waals surface area contributed by atoms with Gasteiger partial charge in [0.25, 0.3) is 5.91 Å². The van der Waals surface area contributed by atoms with Crippen LogP contribution < -0.4 is 4.90 Å². The first-order chi connectivity index (χ1) is 18.2. The van der Waals surface area contributed by atoms with Gasteiger partial charge in [-0.2, -0.15) is 0 Å². The van der Waals surface area contributed by atoms with E-state index < -0.39 is 27.4 Å². The zero-order chi connectivity index (χ0) is 27.5. The van der Waals surface area contributed by atoms with Crippen molar-refractivity contribution in [3.8, 4) is 0 Å². The van der Waals surface area contributed by atoms with E-state index in [-0.39, 0.29) is 37.5 Å². The fourth-order valence-corrected chi connectivity index (χ4v) is 8.89. The van der Waals surface area contributed by atoms with Crippen molar-refractivity contribution in [3.63, 3.8) is 0 Å². The number of benzene rings is 1. The molecule has 0 saturated carbocycles. The maximum atomic E-state index is 14.5. The van der Waals surface area contributed by atoms with Crippen LogP contribution in [0.3, 0.4) is 0 Å². The molecular weight excluding hydrogens is 524 g/mol. The number of esters is 1. The summed E-state index contributed by atoms with van der Waals surface area (Å²) in [6.45, 7) is 10.6. The topological polar surface area (TPSA) is 87.1 Å². The van der Waals surface area contributed by atoms with Gasteiger partial charge in [-0.05, 0) is 69.7 Å². The lowest BCUT2D eigenvalue weighted by Gasteiger charge is -2.37. The number of likely N-dealkylation sites (tertiary alicyclic amines) is 1. The lowest BCUT2D eigenvalue weighted by atomic mass is 9.66. The van der Waals surface area contributed by atoms with Gasteiger partial charge in [-0.1, -0.05) is 23.8 Å². The summed E-state index contributed by atoms with van der Waals surface area (Å²) in [6, 6.07) is 6.34. The van der Waals surface area contributed by atoms with Gasteiger partial charge in [0.15, 0.2) is 0 Å². The van der Waals surface area contributed by atoms with E-state index in [0.717, 1.165) is 12.8 Å². The number of anilines is 1. The highest BCUT2D eigenvalue weighted by atomic mass is 35.5. The Morgan fingerprint density at radius 1 is 1.21 bits per heavy atom. The van der Waals surface area contributed by atoms with E-state index in [1.807, 2.05) is 6.92 Å². The fraction of sp³-hybridized carbons (Fsp3) is 0.552. The summed E-state index contributed by atoms with van der Waals surface area (Å²) in [5, 5.41) is 9.80. The summed E-state index contributed by atoms with van der Waals surface area (Å²) >= 11 is 7.74. The number of unbranched alkanes of at least 4 members (excludes halogenated alkanes) is 2. The molecule has 38 heavy (non-hydrogen) atoms. The smallest absolute Gasteiger partial charge is 0.311 e. The molecule has 5 atom stereocenters. The number of hydrogen-bond donors (Lipinski definition) is 1. The first-order valence-electron chi connectivity index (χ1n) is 13.3. The molecule has 2 unspecified atom stereocenters. The number of rotatable bonds is 13. The first-order valence-corrected chi connectivity index (χ1v) is 14.5. The maximum absolute atomic E-state index is 14.5. The van der Waals surface area contributed by atoms with Gasteiger partial charge in [0.2, 0.25) is 5.91 Å². The summed E-state index contributed by atoms with van der Waals surface area (Å²) < 4.78 is 4.41. The van der Waals surface area contributed by atoms with E-state index in [1.54, 1.807) is 58.0 Å². The molecule has 3 saturated heterocycles. The Hall–Kier alpha value is -2.29. The molecule has 2 amide bonds. The summed E-state index contributed by atoms with van der Waals surface area (Å²) in [6.07, 6.45) is 7.35. The van der Waals surface area contributed by atoms with Crippen LogP contribution in [0.2, 0.25) is 5.02 Å². The minimum atomic E-state index is -0.720. The molecule has 0 aromatic heterocycles. The summed E-state index contributed by atoms with van der Waals surface area (Å²) in [5.74, 6) is -1.92. The number of aliphatic hydroxyl groups is 1. The quantitative estimate of drug-likeness (QED) is 0.215. The van der Waals surface area contributed by atoms with Crippen molar-refractivity contribution in [1.82, 2.24) is 4.90 Å². The molecule has 0 aliphatic carbocycles. The number of fused-ring (bicyclic) bond motifs is 1. The predicted octanol–water partition coefficient (Wildman–Crippen LogP) is 4.62. The van der Waals surface area contributed by atoms with Crippen molar-refractivity contribution in [1.29, 1.82) is 0 Å². The molecule has 1 aromatic carbocycles. The van der Waals surface area contributed by atoms with Gasteiger partial charge < -0.3 is 19.6 Å². The minimum Gasteiger partial charge on any atom is -0.465 e. The second-order valence-electron chi connectivity index (χ2n) is 10.5. The van der Waals surface area contributed by atoms with Crippen LogP contribution in [0.1, 0.15) is 45.4 Å². The van der Waals surface area contributed by atoms with Gasteiger partial charge in [0, 0.05) is 35.2 Å². The number of carbonyl (C=O) groups excluding carboxylic acids is 3. The number of amides is 2. The third-order valence-electron chi connectivity index (χ3n) is 8.10. The minimum absolute atomic E-state index is 0.0827. The SMILES string of the molecule is C=CCCOC(=O)[C@@H]1[C@H]2C(=O)N(CCCCCO)C(C(=O)N(CC=C)c3ccc(Cl)cc3)C23CC[C@@]1(C)S3. The summed E-state index contributed by atoms with van der Waals surface area (Å²) in [5.41, 5.74) is 0.677. The molecule has 2 bridgehead atoms. The van der Waals surface area contributed by atoms with Gasteiger partial charge >= 0.3 is 5.97 Å². The van der Waals surface area contributed by atoms with Crippen molar-refractivity contribution >= 4 is 46.8 Å². The van der Waals surface area contributed by atoms with Crippen molar-refractivity contribution in [3.05, 3.63) is 54.6 Å². The molecule has 1 spiro atoms. The molecule has 3 heterocycles. The van der Waals surface area contributed by atoms with Crippen molar-refractivity contribution in [2.24, 2.45) is 11.8 Å². The summed E-state index contributed by atoms with van der Waals surface area (Å²) in [7, 11) is 0. The molecule has 7 nitrogen and oxygen atoms in total. The zero-order valence-corrected chi connectivity index (χ0v) is 23.5. The highest BCUT2D eigenvalue weighted by molar-refractivity contribution is 8.02. The molecule has 0 radical (unpaired) electrons. The third kappa shape index (κ3) is 5.03.